The number of rotatable bonds is 8. The molecule has 9 heteroatoms. The number of alkyl carbamates (subject to hydrolysis) is 1. The lowest BCUT2D eigenvalue weighted by Crippen LogP contribution is -2.49. The molecular formula is C25H26F2N2O5. The van der Waals surface area contributed by atoms with Crippen molar-refractivity contribution >= 4 is 18.0 Å². The Bertz CT molecular complexity index is 1040. The maximum absolute atomic E-state index is 14.2. The van der Waals surface area contributed by atoms with Gasteiger partial charge in [-0.15, -0.1) is 0 Å². The van der Waals surface area contributed by atoms with Gasteiger partial charge in [0, 0.05) is 12.5 Å². The average molecular weight is 472 g/mol. The molecule has 2 aliphatic carbocycles. The van der Waals surface area contributed by atoms with Crippen LogP contribution in [0.1, 0.15) is 36.3 Å². The molecule has 0 unspecified atom stereocenters. The summed E-state index contributed by atoms with van der Waals surface area (Å²) >= 11 is 0. The van der Waals surface area contributed by atoms with Crippen molar-refractivity contribution < 1.29 is 33.0 Å². The zero-order valence-electron chi connectivity index (χ0n) is 18.4. The number of carbonyl (C=O) groups excluding carboxylic acids is 2. The molecule has 0 aliphatic heterocycles. The Hall–Kier alpha value is -3.49. The van der Waals surface area contributed by atoms with Crippen LogP contribution in [0, 0.1) is 11.8 Å². The Balaban J connectivity index is 1.27. The van der Waals surface area contributed by atoms with Gasteiger partial charge in [0.1, 0.15) is 6.61 Å². The molecule has 0 aromatic heterocycles. The fourth-order valence-electron chi connectivity index (χ4n) is 4.87. The molecule has 180 valence electrons. The third-order valence-electron chi connectivity index (χ3n) is 6.63. The molecule has 2 amide bonds. The predicted molar refractivity (Wildman–Crippen MR) is 119 cm³/mol. The second-order valence-electron chi connectivity index (χ2n) is 8.73. The summed E-state index contributed by atoms with van der Waals surface area (Å²) in [5.41, 5.74) is 4.07. The average Bonchev–Trinajstić information content (AvgIpc) is 3.43. The van der Waals surface area contributed by atoms with Gasteiger partial charge in [0.15, 0.2) is 0 Å². The molecule has 0 radical (unpaired) electrons. The van der Waals surface area contributed by atoms with Gasteiger partial charge in [-0.2, -0.15) is 8.78 Å². The van der Waals surface area contributed by atoms with Gasteiger partial charge in [0.2, 0.25) is 0 Å². The summed E-state index contributed by atoms with van der Waals surface area (Å²) in [6, 6.07) is 15.5. The standard InChI is InChI=1S/C25H26F2N2O5/c26-25(27,23(32)28-12-15-6-5-11-16(15)22(30)31)14-29-24(33)34-13-21-19-9-3-1-7-17(19)18-8-2-4-10-20(18)21/h1-4,7-10,15-16,21H,5-6,11-14H2,(H,28,32)(H,29,33)(H,30,31)/t15-,16-/m1/s1. The maximum atomic E-state index is 14.2. The van der Waals surface area contributed by atoms with E-state index in [2.05, 4.69) is 5.32 Å². The molecular weight excluding hydrogens is 446 g/mol. The molecule has 0 bridgehead atoms. The zero-order chi connectivity index (χ0) is 24.3. The summed E-state index contributed by atoms with van der Waals surface area (Å²) in [6.07, 6.45) is 0.657. The van der Waals surface area contributed by atoms with Crippen molar-refractivity contribution in [2.45, 2.75) is 31.1 Å². The van der Waals surface area contributed by atoms with E-state index in [9.17, 15) is 23.2 Å². The Kier molecular flexibility index (Phi) is 6.81. The molecule has 1 saturated carbocycles. The van der Waals surface area contributed by atoms with Crippen molar-refractivity contribution in [3.05, 3.63) is 59.7 Å². The Morgan fingerprint density at radius 2 is 1.59 bits per heavy atom. The van der Waals surface area contributed by atoms with Gasteiger partial charge in [0.25, 0.3) is 5.91 Å². The third kappa shape index (κ3) is 4.88. The van der Waals surface area contributed by atoms with Gasteiger partial charge in [-0.05, 0) is 41.0 Å². The number of nitrogens with one attached hydrogen (secondary N) is 2. The van der Waals surface area contributed by atoms with Crippen LogP contribution in [0.3, 0.4) is 0 Å². The van der Waals surface area contributed by atoms with Crippen LogP contribution < -0.4 is 10.6 Å². The van der Waals surface area contributed by atoms with Gasteiger partial charge in [-0.25, -0.2) is 4.79 Å². The van der Waals surface area contributed by atoms with Gasteiger partial charge >= 0.3 is 18.0 Å². The molecule has 34 heavy (non-hydrogen) atoms. The minimum atomic E-state index is -3.86. The largest absolute Gasteiger partial charge is 0.481 e. The van der Waals surface area contributed by atoms with E-state index < -0.39 is 36.4 Å². The summed E-state index contributed by atoms with van der Waals surface area (Å²) in [5.74, 6) is -7.64. The van der Waals surface area contributed by atoms with E-state index >= 15 is 0 Å². The van der Waals surface area contributed by atoms with Gasteiger partial charge in [0.05, 0.1) is 12.5 Å². The van der Waals surface area contributed by atoms with Crippen molar-refractivity contribution in [3.63, 3.8) is 0 Å². The highest BCUT2D eigenvalue weighted by molar-refractivity contribution is 5.84. The van der Waals surface area contributed by atoms with E-state index in [-0.39, 0.29) is 25.0 Å². The molecule has 2 aromatic rings. The van der Waals surface area contributed by atoms with Crippen molar-refractivity contribution in [2.75, 3.05) is 19.7 Å². The number of hydrogen-bond donors (Lipinski definition) is 3. The number of carboxylic acid groups (broad SMARTS) is 1. The molecule has 1 fully saturated rings. The van der Waals surface area contributed by atoms with Crippen LogP contribution in [0.2, 0.25) is 0 Å². The zero-order valence-corrected chi connectivity index (χ0v) is 18.4. The quantitative estimate of drug-likeness (QED) is 0.543. The summed E-state index contributed by atoms with van der Waals surface area (Å²) < 4.78 is 33.7. The minimum Gasteiger partial charge on any atom is -0.481 e. The summed E-state index contributed by atoms with van der Waals surface area (Å²) in [7, 11) is 0. The van der Waals surface area contributed by atoms with E-state index in [1.54, 1.807) is 0 Å². The fraction of sp³-hybridized carbons (Fsp3) is 0.400. The summed E-state index contributed by atoms with van der Waals surface area (Å²) in [4.78, 5) is 35.3. The lowest BCUT2D eigenvalue weighted by Gasteiger charge is -2.20. The first-order valence-electron chi connectivity index (χ1n) is 11.3. The van der Waals surface area contributed by atoms with Gasteiger partial charge in [-0.3, -0.25) is 9.59 Å². The highest BCUT2D eigenvalue weighted by Gasteiger charge is 2.41. The molecule has 3 N–H and O–H groups in total. The summed E-state index contributed by atoms with van der Waals surface area (Å²) in [6.45, 7) is -1.39. The van der Waals surface area contributed by atoms with E-state index in [1.165, 1.54) is 0 Å². The molecule has 2 atom stereocenters. The van der Waals surface area contributed by atoms with Crippen LogP contribution in [0.15, 0.2) is 48.5 Å². The van der Waals surface area contributed by atoms with E-state index in [0.29, 0.717) is 19.3 Å². The maximum Gasteiger partial charge on any atom is 0.407 e. The van der Waals surface area contributed by atoms with Crippen molar-refractivity contribution in [1.29, 1.82) is 0 Å². The predicted octanol–water partition coefficient (Wildman–Crippen LogP) is 3.78. The van der Waals surface area contributed by atoms with Crippen LogP contribution in [-0.4, -0.2) is 48.7 Å². The number of carboxylic acids is 1. The van der Waals surface area contributed by atoms with Crippen LogP contribution in [-0.2, 0) is 14.3 Å². The lowest BCUT2D eigenvalue weighted by molar-refractivity contribution is -0.146. The number of benzene rings is 2. The van der Waals surface area contributed by atoms with Crippen LogP contribution in [0.4, 0.5) is 13.6 Å². The number of amides is 2. The van der Waals surface area contributed by atoms with Crippen LogP contribution in [0.5, 0.6) is 0 Å². The molecule has 2 aliphatic rings. The number of carbonyl (C=O) groups is 3. The van der Waals surface area contributed by atoms with Crippen molar-refractivity contribution in [3.8, 4) is 11.1 Å². The highest BCUT2D eigenvalue weighted by atomic mass is 19.3. The Morgan fingerprint density at radius 3 is 2.21 bits per heavy atom. The second-order valence-corrected chi connectivity index (χ2v) is 8.73. The second kappa shape index (κ2) is 9.79. The van der Waals surface area contributed by atoms with Crippen molar-refractivity contribution in [2.24, 2.45) is 11.8 Å². The fourth-order valence-corrected chi connectivity index (χ4v) is 4.87. The minimum absolute atomic E-state index is 0.0319. The van der Waals surface area contributed by atoms with Crippen LogP contribution in [0.25, 0.3) is 11.1 Å². The Labute approximate surface area is 195 Å². The van der Waals surface area contributed by atoms with Crippen molar-refractivity contribution in [1.82, 2.24) is 10.6 Å². The molecule has 7 nitrogen and oxygen atoms in total. The van der Waals surface area contributed by atoms with E-state index in [1.807, 2.05) is 53.8 Å². The monoisotopic (exact) mass is 472 g/mol. The van der Waals surface area contributed by atoms with E-state index in [0.717, 1.165) is 22.3 Å². The number of halogens is 2. The van der Waals surface area contributed by atoms with Gasteiger partial charge in [-0.1, -0.05) is 55.0 Å². The first-order chi connectivity index (χ1) is 16.3. The first-order valence-corrected chi connectivity index (χ1v) is 11.3. The normalized spacial score (nSPS) is 19.2. The summed E-state index contributed by atoms with van der Waals surface area (Å²) in [5, 5.41) is 13.3. The molecule has 0 heterocycles. The molecule has 2 aromatic carbocycles. The smallest absolute Gasteiger partial charge is 0.407 e. The molecule has 0 spiro atoms. The number of fused-ring (bicyclic) bond motifs is 3. The molecule has 4 rings (SSSR count). The SMILES string of the molecule is O=C(NCC(F)(F)C(=O)NC[C@H]1CCC[C@H]1C(=O)O)OCC1c2ccccc2-c2ccccc21. The number of alkyl halides is 2. The first kappa shape index (κ1) is 23.7. The van der Waals surface area contributed by atoms with Crippen LogP contribution >= 0.6 is 0 Å². The number of ether oxygens (including phenoxy) is 1. The number of aliphatic carboxylic acids is 1. The van der Waals surface area contributed by atoms with Gasteiger partial charge < -0.3 is 20.5 Å². The molecule has 0 saturated heterocycles. The Morgan fingerprint density at radius 1 is 0.971 bits per heavy atom. The lowest BCUT2D eigenvalue weighted by atomic mass is 9.96. The third-order valence-corrected chi connectivity index (χ3v) is 6.63. The highest BCUT2D eigenvalue weighted by Crippen LogP contribution is 2.44. The topological polar surface area (TPSA) is 105 Å². The van der Waals surface area contributed by atoms with E-state index in [4.69, 9.17) is 9.84 Å². The number of hydrogen-bond acceptors (Lipinski definition) is 4.